The van der Waals surface area contributed by atoms with Crippen molar-refractivity contribution in [2.45, 2.75) is 24.5 Å². The van der Waals surface area contributed by atoms with Gasteiger partial charge in [0.1, 0.15) is 5.75 Å². The van der Waals surface area contributed by atoms with E-state index < -0.39 is 22.2 Å². The molecule has 1 aliphatic heterocycles. The number of sulfonamides is 1. The number of terminal acetylenes is 1. The van der Waals surface area contributed by atoms with Crippen LogP contribution in [0.3, 0.4) is 0 Å². The molecule has 0 saturated heterocycles. The number of carbonyl (C=O) groups excluding carboxylic acids is 1. The molecule has 31 heavy (non-hydrogen) atoms. The van der Waals surface area contributed by atoms with E-state index in [9.17, 15) is 18.3 Å². The number of aliphatic hydroxyl groups is 1. The highest BCUT2D eigenvalue weighted by Crippen LogP contribution is 2.23. The van der Waals surface area contributed by atoms with Gasteiger partial charge < -0.3 is 24.6 Å². The molecule has 2 atom stereocenters. The highest BCUT2D eigenvalue weighted by Gasteiger charge is 2.27. The molecular weight excluding hydrogens is 424 g/mol. The molecule has 0 radical (unpaired) electrons. The van der Waals surface area contributed by atoms with Crippen LogP contribution in [0.25, 0.3) is 0 Å². The summed E-state index contributed by atoms with van der Waals surface area (Å²) in [6, 6.07) is 5.99. The van der Waals surface area contributed by atoms with E-state index in [0.717, 1.165) is 4.31 Å². The SMILES string of the molecule is C#CCNC(=O)C1=C[C@H](C)C[C@H](OCCN(CCO)S(=O)(=O)c2ccc(OC)cc2)O1. The van der Waals surface area contributed by atoms with Gasteiger partial charge in [0.05, 0.1) is 31.8 Å². The molecule has 0 spiro atoms. The first-order chi connectivity index (χ1) is 14.8. The van der Waals surface area contributed by atoms with Crippen molar-refractivity contribution in [2.75, 3.05) is 40.0 Å². The van der Waals surface area contributed by atoms with Crippen molar-refractivity contribution in [1.82, 2.24) is 9.62 Å². The molecule has 2 N–H and O–H groups in total. The van der Waals surface area contributed by atoms with Gasteiger partial charge in [-0.15, -0.1) is 6.42 Å². The Kier molecular flexibility index (Phi) is 9.33. The summed E-state index contributed by atoms with van der Waals surface area (Å²) >= 11 is 0. The lowest BCUT2D eigenvalue weighted by Gasteiger charge is -2.28. The molecule has 1 aliphatic rings. The van der Waals surface area contributed by atoms with Crippen LogP contribution in [0.1, 0.15) is 13.3 Å². The maximum absolute atomic E-state index is 12.9. The molecule has 1 aromatic rings. The molecule has 9 nitrogen and oxygen atoms in total. The fourth-order valence-electron chi connectivity index (χ4n) is 2.96. The van der Waals surface area contributed by atoms with Crippen LogP contribution >= 0.6 is 0 Å². The minimum absolute atomic E-state index is 0.00546. The van der Waals surface area contributed by atoms with Crippen LogP contribution in [-0.2, 0) is 24.3 Å². The lowest BCUT2D eigenvalue weighted by atomic mass is 10.0. The number of benzene rings is 1. The molecule has 0 aromatic heterocycles. The summed E-state index contributed by atoms with van der Waals surface area (Å²) in [5.41, 5.74) is 0. The molecule has 10 heteroatoms. The summed E-state index contributed by atoms with van der Waals surface area (Å²) < 4.78 is 43.3. The number of nitrogens with one attached hydrogen (secondary N) is 1. The number of amides is 1. The van der Waals surface area contributed by atoms with E-state index in [1.807, 2.05) is 6.92 Å². The molecule has 0 aliphatic carbocycles. The van der Waals surface area contributed by atoms with Crippen molar-refractivity contribution >= 4 is 15.9 Å². The Morgan fingerprint density at radius 3 is 2.68 bits per heavy atom. The van der Waals surface area contributed by atoms with Gasteiger partial charge in [-0.25, -0.2) is 8.42 Å². The number of nitrogens with zero attached hydrogens (tertiary/aromatic N) is 1. The minimum Gasteiger partial charge on any atom is -0.497 e. The molecule has 0 bridgehead atoms. The van der Waals surface area contributed by atoms with Crippen molar-refractivity contribution < 1.29 is 32.5 Å². The standard InChI is InChI=1S/C21H28N2O7S/c1-4-9-22-21(25)19-14-16(2)15-20(30-19)29-13-11-23(10-12-24)31(26,27)18-7-5-17(28-3)6-8-18/h1,5-8,14,16,20,24H,9-13,15H2,2-3H3,(H,22,25)/t16-,20+/m0/s1. The van der Waals surface area contributed by atoms with Gasteiger partial charge in [-0.3, -0.25) is 4.79 Å². The maximum Gasteiger partial charge on any atom is 0.286 e. The fraction of sp³-hybridized carbons (Fsp3) is 0.476. The number of hydrogen-bond donors (Lipinski definition) is 2. The van der Waals surface area contributed by atoms with Gasteiger partial charge in [0.2, 0.25) is 16.3 Å². The predicted molar refractivity (Wildman–Crippen MR) is 113 cm³/mol. The first-order valence-electron chi connectivity index (χ1n) is 9.78. The average molecular weight is 453 g/mol. The Morgan fingerprint density at radius 1 is 1.35 bits per heavy atom. The van der Waals surface area contributed by atoms with E-state index in [1.165, 1.54) is 19.2 Å². The van der Waals surface area contributed by atoms with Crippen LogP contribution in [0.2, 0.25) is 0 Å². The van der Waals surface area contributed by atoms with Crippen molar-refractivity contribution in [3.8, 4) is 18.1 Å². The smallest absolute Gasteiger partial charge is 0.286 e. The van der Waals surface area contributed by atoms with Crippen LogP contribution in [0.5, 0.6) is 5.75 Å². The van der Waals surface area contributed by atoms with E-state index in [4.69, 9.17) is 20.6 Å². The quantitative estimate of drug-likeness (QED) is 0.475. The number of ether oxygens (including phenoxy) is 3. The zero-order chi connectivity index (χ0) is 22.9. The molecule has 1 amide bonds. The van der Waals surface area contributed by atoms with E-state index in [2.05, 4.69) is 11.2 Å². The van der Waals surface area contributed by atoms with Crippen molar-refractivity contribution in [3.05, 3.63) is 36.1 Å². The molecule has 1 heterocycles. The average Bonchev–Trinajstić information content (AvgIpc) is 2.76. The molecule has 0 saturated carbocycles. The number of rotatable bonds is 11. The van der Waals surface area contributed by atoms with Crippen LogP contribution in [-0.4, -0.2) is 70.0 Å². The molecular formula is C21H28N2O7S. The lowest BCUT2D eigenvalue weighted by molar-refractivity contribution is -0.148. The van der Waals surface area contributed by atoms with Gasteiger partial charge in [-0.2, -0.15) is 4.31 Å². The first-order valence-corrected chi connectivity index (χ1v) is 11.2. The number of aliphatic hydroxyl groups excluding tert-OH is 1. The highest BCUT2D eigenvalue weighted by atomic mass is 32.2. The molecule has 1 aromatic carbocycles. The van der Waals surface area contributed by atoms with Gasteiger partial charge >= 0.3 is 0 Å². The van der Waals surface area contributed by atoms with Gasteiger partial charge in [-0.1, -0.05) is 12.8 Å². The zero-order valence-corrected chi connectivity index (χ0v) is 18.4. The van der Waals surface area contributed by atoms with Crippen molar-refractivity contribution in [2.24, 2.45) is 5.92 Å². The summed E-state index contributed by atoms with van der Waals surface area (Å²) in [4.78, 5) is 12.2. The summed E-state index contributed by atoms with van der Waals surface area (Å²) in [6.45, 7) is 1.60. The Balaban J connectivity index is 1.98. The second-order valence-electron chi connectivity index (χ2n) is 6.85. The third-order valence-electron chi connectivity index (χ3n) is 4.52. The minimum atomic E-state index is -3.83. The van der Waals surface area contributed by atoms with E-state index in [-0.39, 0.29) is 49.4 Å². The van der Waals surface area contributed by atoms with Crippen molar-refractivity contribution in [1.29, 1.82) is 0 Å². The molecule has 0 fully saturated rings. The van der Waals surface area contributed by atoms with Crippen LogP contribution in [0.4, 0.5) is 0 Å². The molecule has 2 rings (SSSR count). The van der Waals surface area contributed by atoms with Gasteiger partial charge in [0, 0.05) is 19.5 Å². The maximum atomic E-state index is 12.9. The number of methoxy groups -OCH3 is 1. The van der Waals surface area contributed by atoms with E-state index in [1.54, 1.807) is 18.2 Å². The third-order valence-corrected chi connectivity index (χ3v) is 6.44. The first kappa shape index (κ1) is 24.7. The van der Waals surface area contributed by atoms with Crippen molar-refractivity contribution in [3.63, 3.8) is 0 Å². The monoisotopic (exact) mass is 452 g/mol. The molecule has 0 unspecified atom stereocenters. The van der Waals surface area contributed by atoms with E-state index in [0.29, 0.717) is 12.2 Å². The van der Waals surface area contributed by atoms with Crippen LogP contribution < -0.4 is 10.1 Å². The highest BCUT2D eigenvalue weighted by molar-refractivity contribution is 7.89. The Labute approximate surface area is 183 Å². The Bertz CT molecular complexity index is 907. The van der Waals surface area contributed by atoms with E-state index >= 15 is 0 Å². The lowest BCUT2D eigenvalue weighted by Crippen LogP contribution is -2.38. The number of allylic oxidation sites excluding steroid dienone is 1. The van der Waals surface area contributed by atoms with Crippen LogP contribution in [0, 0.1) is 18.3 Å². The number of carbonyl (C=O) groups is 1. The number of hydrogen-bond acceptors (Lipinski definition) is 7. The summed E-state index contributed by atoms with van der Waals surface area (Å²) in [5, 5.41) is 11.9. The zero-order valence-electron chi connectivity index (χ0n) is 17.6. The summed E-state index contributed by atoms with van der Waals surface area (Å²) in [7, 11) is -2.34. The largest absolute Gasteiger partial charge is 0.497 e. The Hall–Kier alpha value is -2.58. The topological polar surface area (TPSA) is 114 Å². The normalized spacial score (nSPS) is 18.6. The second kappa shape index (κ2) is 11.7. The second-order valence-corrected chi connectivity index (χ2v) is 8.79. The van der Waals surface area contributed by atoms with Gasteiger partial charge in [0.15, 0.2) is 5.76 Å². The van der Waals surface area contributed by atoms with Crippen LogP contribution in [0.15, 0.2) is 41.0 Å². The Morgan fingerprint density at radius 2 is 2.06 bits per heavy atom. The predicted octanol–water partition coefficient (Wildman–Crippen LogP) is 0.711. The molecule has 170 valence electrons. The third kappa shape index (κ3) is 6.97. The van der Waals surface area contributed by atoms with Gasteiger partial charge in [-0.05, 0) is 36.3 Å². The van der Waals surface area contributed by atoms with Gasteiger partial charge in [0.25, 0.3) is 5.91 Å². The summed E-state index contributed by atoms with van der Waals surface area (Å²) in [6.07, 6.45) is 6.64. The summed E-state index contributed by atoms with van der Waals surface area (Å²) in [5.74, 6) is 2.58. The fourth-order valence-corrected chi connectivity index (χ4v) is 4.37.